The average Bonchev–Trinajstić information content (AvgIpc) is 3.08. The molecule has 0 radical (unpaired) electrons. The summed E-state index contributed by atoms with van der Waals surface area (Å²) in [7, 11) is 1.60. The normalized spacial score (nSPS) is 29.0. The highest BCUT2D eigenvalue weighted by Crippen LogP contribution is 2.53. The van der Waals surface area contributed by atoms with E-state index in [0.29, 0.717) is 41.1 Å². The monoisotopic (exact) mass is 391 g/mol. The Balaban J connectivity index is 1.53. The third kappa shape index (κ3) is 3.04. The molecule has 1 unspecified atom stereocenters. The molecule has 5 rings (SSSR count). The van der Waals surface area contributed by atoms with E-state index in [2.05, 4.69) is 17.4 Å². The topological polar surface area (TPSA) is 64.6 Å². The molecule has 1 N–H and O–H groups in total. The highest BCUT2D eigenvalue weighted by atomic mass is 16.5. The van der Waals surface area contributed by atoms with Crippen LogP contribution in [-0.2, 0) is 4.74 Å². The highest BCUT2D eigenvalue weighted by molar-refractivity contribution is 6.03. The summed E-state index contributed by atoms with van der Waals surface area (Å²) in [5.41, 5.74) is 3.09. The predicted molar refractivity (Wildman–Crippen MR) is 108 cm³/mol. The second kappa shape index (κ2) is 6.99. The van der Waals surface area contributed by atoms with Gasteiger partial charge in [0.15, 0.2) is 5.78 Å². The zero-order valence-corrected chi connectivity index (χ0v) is 16.7. The van der Waals surface area contributed by atoms with E-state index in [1.807, 2.05) is 31.2 Å². The Labute approximate surface area is 170 Å². The van der Waals surface area contributed by atoms with Gasteiger partial charge in [0.1, 0.15) is 11.9 Å². The van der Waals surface area contributed by atoms with E-state index < -0.39 is 0 Å². The third-order valence-corrected chi connectivity index (χ3v) is 6.73. The van der Waals surface area contributed by atoms with Gasteiger partial charge in [0.05, 0.1) is 18.8 Å². The maximum absolute atomic E-state index is 13.1. The van der Waals surface area contributed by atoms with E-state index in [1.54, 1.807) is 13.1 Å². The molecule has 1 saturated heterocycles. The number of carbonyl (C=O) groups excluding carboxylic acids is 2. The first kappa shape index (κ1) is 18.4. The first-order valence-electron chi connectivity index (χ1n) is 10.3. The Hall–Kier alpha value is -2.66. The van der Waals surface area contributed by atoms with Gasteiger partial charge in [-0.05, 0) is 42.4 Å². The lowest BCUT2D eigenvalue weighted by atomic mass is 9.86. The summed E-state index contributed by atoms with van der Waals surface area (Å²) in [6, 6.07) is 13.8. The zero-order chi connectivity index (χ0) is 20.1. The van der Waals surface area contributed by atoms with Crippen molar-refractivity contribution in [2.24, 2.45) is 17.8 Å². The van der Waals surface area contributed by atoms with Gasteiger partial charge >= 0.3 is 0 Å². The van der Waals surface area contributed by atoms with Gasteiger partial charge in [-0.3, -0.25) is 9.59 Å². The predicted octanol–water partition coefficient (Wildman–Crippen LogP) is 3.42. The lowest BCUT2D eigenvalue weighted by Crippen LogP contribution is -2.20. The Morgan fingerprint density at radius 1 is 1.10 bits per heavy atom. The van der Waals surface area contributed by atoms with E-state index in [-0.39, 0.29) is 23.7 Å². The van der Waals surface area contributed by atoms with Gasteiger partial charge in [-0.1, -0.05) is 30.3 Å². The maximum Gasteiger partial charge on any atom is 0.254 e. The lowest BCUT2D eigenvalue weighted by molar-refractivity contribution is 0.0950. The van der Waals surface area contributed by atoms with Crippen LogP contribution in [0.4, 0.5) is 0 Å². The quantitative estimate of drug-likeness (QED) is 0.794. The molecule has 1 aliphatic carbocycles. The van der Waals surface area contributed by atoms with Crippen LogP contribution in [0, 0.1) is 17.8 Å². The van der Waals surface area contributed by atoms with Crippen molar-refractivity contribution in [1.82, 2.24) is 5.32 Å². The minimum absolute atomic E-state index is 0.00365. The minimum atomic E-state index is -0.228. The van der Waals surface area contributed by atoms with Crippen molar-refractivity contribution in [1.29, 1.82) is 0 Å². The molecule has 2 fully saturated rings. The fourth-order valence-electron chi connectivity index (χ4n) is 5.09. The van der Waals surface area contributed by atoms with Crippen molar-refractivity contribution in [2.75, 3.05) is 20.3 Å². The Morgan fingerprint density at radius 2 is 1.83 bits per heavy atom. The molecule has 2 aromatic carbocycles. The van der Waals surface area contributed by atoms with Crippen LogP contribution in [0.3, 0.4) is 0 Å². The molecule has 1 saturated carbocycles. The summed E-state index contributed by atoms with van der Waals surface area (Å²) < 4.78 is 11.6. The maximum atomic E-state index is 13.1. The van der Waals surface area contributed by atoms with Crippen LogP contribution in [0.5, 0.6) is 5.75 Å². The SMILES string of the molecule is CNC(=O)c1cc(C(=O)CC2[C@H]3COC[C@@H]23)cc2c1O[C@@H](C)[C@@H]2c1ccccc1. The minimum Gasteiger partial charge on any atom is -0.489 e. The molecule has 3 aliphatic rings. The molecule has 5 heteroatoms. The van der Waals surface area contributed by atoms with Crippen molar-refractivity contribution >= 4 is 11.7 Å². The Morgan fingerprint density at radius 3 is 2.52 bits per heavy atom. The first-order valence-corrected chi connectivity index (χ1v) is 10.3. The molecule has 1 amide bonds. The molecule has 0 bridgehead atoms. The van der Waals surface area contributed by atoms with Crippen LogP contribution in [-0.4, -0.2) is 38.1 Å². The number of carbonyl (C=O) groups is 2. The summed E-state index contributed by atoms with van der Waals surface area (Å²) >= 11 is 0. The number of fused-ring (bicyclic) bond motifs is 2. The standard InChI is InChI=1S/C24H25NO4/c1-13-22(14-6-4-3-5-7-14)17-8-15(9-18(23(17)29-13)24(27)25-2)21(26)10-16-19-11-28-12-20(16)19/h3-9,13,16,19-20,22H,10-12H2,1-2H3,(H,25,27)/t13-,16?,19-,20+,22+/m0/s1. The van der Waals surface area contributed by atoms with Gasteiger partial charge in [0.2, 0.25) is 0 Å². The molecule has 0 aromatic heterocycles. The van der Waals surface area contributed by atoms with E-state index in [1.165, 1.54) is 0 Å². The van der Waals surface area contributed by atoms with Crippen LogP contribution >= 0.6 is 0 Å². The second-order valence-electron chi connectivity index (χ2n) is 8.39. The van der Waals surface area contributed by atoms with Crippen molar-refractivity contribution in [2.45, 2.75) is 25.4 Å². The number of ether oxygens (including phenoxy) is 2. The van der Waals surface area contributed by atoms with E-state index in [0.717, 1.165) is 24.3 Å². The summed E-state index contributed by atoms with van der Waals surface area (Å²) in [6.07, 6.45) is 0.415. The van der Waals surface area contributed by atoms with Gasteiger partial charge < -0.3 is 14.8 Å². The Bertz CT molecular complexity index is 960. The van der Waals surface area contributed by atoms with E-state index in [9.17, 15) is 9.59 Å². The smallest absolute Gasteiger partial charge is 0.254 e. The van der Waals surface area contributed by atoms with Gasteiger partial charge in [-0.15, -0.1) is 0 Å². The summed E-state index contributed by atoms with van der Waals surface area (Å²) in [6.45, 7) is 3.56. The number of benzene rings is 2. The molecule has 2 aromatic rings. The van der Waals surface area contributed by atoms with E-state index in [4.69, 9.17) is 9.47 Å². The van der Waals surface area contributed by atoms with Crippen LogP contribution in [0.15, 0.2) is 42.5 Å². The third-order valence-electron chi connectivity index (χ3n) is 6.73. The highest BCUT2D eigenvalue weighted by Gasteiger charge is 2.54. The average molecular weight is 391 g/mol. The molecule has 2 heterocycles. The number of hydrogen-bond donors (Lipinski definition) is 1. The van der Waals surface area contributed by atoms with Crippen LogP contribution in [0.1, 0.15) is 51.1 Å². The summed E-state index contributed by atoms with van der Waals surface area (Å²) in [5.74, 6) is 1.96. The van der Waals surface area contributed by atoms with Gasteiger partial charge in [-0.2, -0.15) is 0 Å². The van der Waals surface area contributed by atoms with Crippen molar-refractivity contribution in [3.8, 4) is 5.75 Å². The first-order chi connectivity index (χ1) is 14.1. The number of hydrogen-bond acceptors (Lipinski definition) is 4. The van der Waals surface area contributed by atoms with Crippen molar-refractivity contribution < 1.29 is 19.1 Å². The van der Waals surface area contributed by atoms with Crippen LogP contribution in [0.2, 0.25) is 0 Å². The molecule has 150 valence electrons. The lowest BCUT2D eigenvalue weighted by Gasteiger charge is -2.15. The molecular formula is C24H25NO4. The fraction of sp³-hybridized carbons (Fsp3) is 0.417. The Kier molecular flexibility index (Phi) is 4.43. The van der Waals surface area contributed by atoms with Crippen LogP contribution in [0.25, 0.3) is 0 Å². The molecule has 5 nitrogen and oxygen atoms in total. The fourth-order valence-corrected chi connectivity index (χ4v) is 5.09. The number of rotatable bonds is 5. The van der Waals surface area contributed by atoms with Crippen molar-refractivity contribution in [3.05, 3.63) is 64.7 Å². The second-order valence-corrected chi connectivity index (χ2v) is 8.39. The van der Waals surface area contributed by atoms with Crippen LogP contribution < -0.4 is 10.1 Å². The molecule has 0 spiro atoms. The van der Waals surface area contributed by atoms with E-state index >= 15 is 0 Å². The zero-order valence-electron chi connectivity index (χ0n) is 16.7. The van der Waals surface area contributed by atoms with Gasteiger partial charge in [-0.25, -0.2) is 0 Å². The number of nitrogens with one attached hydrogen (secondary N) is 1. The van der Waals surface area contributed by atoms with Gasteiger partial charge in [0.25, 0.3) is 5.91 Å². The molecule has 2 aliphatic heterocycles. The van der Waals surface area contributed by atoms with Gasteiger partial charge in [0, 0.05) is 30.5 Å². The largest absolute Gasteiger partial charge is 0.489 e. The number of amides is 1. The molecular weight excluding hydrogens is 366 g/mol. The van der Waals surface area contributed by atoms with Crippen molar-refractivity contribution in [3.63, 3.8) is 0 Å². The summed E-state index contributed by atoms with van der Waals surface area (Å²) in [4.78, 5) is 25.7. The number of Topliss-reactive ketones (excluding diaryl/α,β-unsaturated/α-hetero) is 1. The molecule has 29 heavy (non-hydrogen) atoms. The molecule has 5 atom stereocenters. The number of ketones is 1. The summed E-state index contributed by atoms with van der Waals surface area (Å²) in [5, 5.41) is 2.69.